The molecule has 1 heterocycles. The van der Waals surface area contributed by atoms with E-state index in [2.05, 4.69) is 26.2 Å². The Balaban J connectivity index is 1.94. The molecular weight excluding hydrogens is 462 g/mol. The third kappa shape index (κ3) is 3.98. The maximum Gasteiger partial charge on any atom is 0.258 e. The SMILES string of the molecule is CCN(CC)S(=O)(=O)c1ccc(Br)c(C(=O)Nc2nc3c(C)cccc3s2)c1. The van der Waals surface area contributed by atoms with Crippen molar-refractivity contribution in [3.63, 3.8) is 0 Å². The second-order valence-electron chi connectivity index (χ2n) is 6.13. The Morgan fingerprint density at radius 3 is 2.57 bits per heavy atom. The summed E-state index contributed by atoms with van der Waals surface area (Å²) in [5, 5.41) is 3.25. The monoisotopic (exact) mass is 481 g/mol. The molecule has 0 fully saturated rings. The fourth-order valence-corrected chi connectivity index (χ4v) is 5.71. The van der Waals surface area contributed by atoms with Crippen molar-refractivity contribution in [3.8, 4) is 0 Å². The molecule has 148 valence electrons. The molecule has 0 saturated carbocycles. The molecule has 1 N–H and O–H groups in total. The molecule has 28 heavy (non-hydrogen) atoms. The number of nitrogens with one attached hydrogen (secondary N) is 1. The van der Waals surface area contributed by atoms with Crippen molar-refractivity contribution in [3.05, 3.63) is 52.0 Å². The molecule has 0 spiro atoms. The van der Waals surface area contributed by atoms with Gasteiger partial charge < -0.3 is 0 Å². The molecule has 3 rings (SSSR count). The van der Waals surface area contributed by atoms with Crippen molar-refractivity contribution in [1.29, 1.82) is 0 Å². The minimum atomic E-state index is -3.65. The normalized spacial score (nSPS) is 11.9. The molecule has 1 amide bonds. The van der Waals surface area contributed by atoms with Crippen molar-refractivity contribution in [1.82, 2.24) is 9.29 Å². The third-order valence-electron chi connectivity index (χ3n) is 4.37. The molecule has 0 aliphatic carbocycles. The first-order valence-corrected chi connectivity index (χ1v) is 11.8. The van der Waals surface area contributed by atoms with Crippen LogP contribution in [0.5, 0.6) is 0 Å². The number of thiazole rings is 1. The fraction of sp³-hybridized carbons (Fsp3) is 0.263. The maximum atomic E-state index is 12.8. The Labute approximate surface area is 176 Å². The number of aromatic nitrogens is 1. The minimum absolute atomic E-state index is 0.0877. The van der Waals surface area contributed by atoms with Gasteiger partial charge in [-0.1, -0.05) is 37.3 Å². The zero-order chi connectivity index (χ0) is 20.5. The summed E-state index contributed by atoms with van der Waals surface area (Å²) in [5.74, 6) is -0.416. The first-order chi connectivity index (χ1) is 13.3. The molecule has 0 aliphatic heterocycles. The molecule has 0 atom stereocenters. The van der Waals surface area contributed by atoms with Crippen LogP contribution >= 0.6 is 27.3 Å². The van der Waals surface area contributed by atoms with Crippen LogP contribution in [0.4, 0.5) is 5.13 Å². The van der Waals surface area contributed by atoms with Gasteiger partial charge in [-0.3, -0.25) is 10.1 Å². The van der Waals surface area contributed by atoms with Gasteiger partial charge in [-0.15, -0.1) is 0 Å². The minimum Gasteiger partial charge on any atom is -0.298 e. The largest absolute Gasteiger partial charge is 0.298 e. The van der Waals surface area contributed by atoms with E-state index in [1.807, 2.05) is 25.1 Å². The zero-order valence-electron chi connectivity index (χ0n) is 15.7. The lowest BCUT2D eigenvalue weighted by atomic mass is 10.2. The van der Waals surface area contributed by atoms with Crippen LogP contribution in [0.15, 0.2) is 45.8 Å². The van der Waals surface area contributed by atoms with Crippen LogP contribution in [-0.2, 0) is 10.0 Å². The summed E-state index contributed by atoms with van der Waals surface area (Å²) in [4.78, 5) is 17.4. The van der Waals surface area contributed by atoms with Crippen LogP contribution in [0.3, 0.4) is 0 Å². The predicted molar refractivity (Wildman–Crippen MR) is 117 cm³/mol. The Hall–Kier alpha value is -1.81. The number of sulfonamides is 1. The number of aryl methyl sites for hydroxylation is 1. The molecule has 0 aliphatic rings. The van der Waals surface area contributed by atoms with E-state index < -0.39 is 15.9 Å². The Morgan fingerprint density at radius 1 is 1.21 bits per heavy atom. The van der Waals surface area contributed by atoms with E-state index in [-0.39, 0.29) is 10.5 Å². The van der Waals surface area contributed by atoms with Crippen LogP contribution < -0.4 is 5.32 Å². The number of carbonyl (C=O) groups excluding carboxylic acids is 1. The number of hydrogen-bond donors (Lipinski definition) is 1. The summed E-state index contributed by atoms with van der Waals surface area (Å²) in [5.41, 5.74) is 2.12. The number of amides is 1. The van der Waals surface area contributed by atoms with E-state index in [1.54, 1.807) is 19.9 Å². The number of hydrogen-bond acceptors (Lipinski definition) is 5. The number of rotatable bonds is 6. The van der Waals surface area contributed by atoms with Crippen molar-refractivity contribution in [2.24, 2.45) is 0 Å². The van der Waals surface area contributed by atoms with Crippen LogP contribution in [0.25, 0.3) is 10.2 Å². The van der Waals surface area contributed by atoms with Gasteiger partial charge in [0, 0.05) is 17.6 Å². The highest BCUT2D eigenvalue weighted by molar-refractivity contribution is 9.10. The van der Waals surface area contributed by atoms with E-state index in [9.17, 15) is 13.2 Å². The second kappa shape index (κ2) is 8.28. The van der Waals surface area contributed by atoms with Gasteiger partial charge in [-0.2, -0.15) is 4.31 Å². The number of fused-ring (bicyclic) bond motifs is 1. The molecule has 0 saturated heterocycles. The lowest BCUT2D eigenvalue weighted by Crippen LogP contribution is -2.30. The molecule has 2 aromatic carbocycles. The smallest absolute Gasteiger partial charge is 0.258 e. The van der Waals surface area contributed by atoms with Crippen LogP contribution in [0.2, 0.25) is 0 Å². The van der Waals surface area contributed by atoms with Crippen molar-refractivity contribution in [2.45, 2.75) is 25.7 Å². The summed E-state index contributed by atoms with van der Waals surface area (Å²) in [7, 11) is -3.65. The molecule has 1 aromatic heterocycles. The summed E-state index contributed by atoms with van der Waals surface area (Å²) in [6.45, 7) is 6.25. The van der Waals surface area contributed by atoms with Gasteiger partial charge in [0.05, 0.1) is 20.7 Å². The van der Waals surface area contributed by atoms with Gasteiger partial charge >= 0.3 is 0 Å². The number of anilines is 1. The van der Waals surface area contributed by atoms with Gasteiger partial charge in [0.1, 0.15) is 0 Å². The number of carbonyl (C=O) groups is 1. The fourth-order valence-electron chi connectivity index (χ4n) is 2.86. The Kier molecular flexibility index (Phi) is 6.18. The van der Waals surface area contributed by atoms with Gasteiger partial charge in [0.2, 0.25) is 10.0 Å². The van der Waals surface area contributed by atoms with E-state index in [0.717, 1.165) is 15.8 Å². The van der Waals surface area contributed by atoms with Gasteiger partial charge in [0.15, 0.2) is 5.13 Å². The summed E-state index contributed by atoms with van der Waals surface area (Å²) < 4.78 is 28.4. The average Bonchev–Trinajstić information content (AvgIpc) is 3.06. The summed E-state index contributed by atoms with van der Waals surface area (Å²) >= 11 is 4.72. The molecule has 6 nitrogen and oxygen atoms in total. The van der Waals surface area contributed by atoms with Crippen molar-refractivity contribution >= 4 is 58.5 Å². The Morgan fingerprint density at radius 2 is 1.93 bits per heavy atom. The first kappa shape index (κ1) is 20.9. The van der Waals surface area contributed by atoms with Crippen LogP contribution in [-0.4, -0.2) is 36.7 Å². The van der Waals surface area contributed by atoms with E-state index >= 15 is 0 Å². The van der Waals surface area contributed by atoms with Crippen LogP contribution in [0.1, 0.15) is 29.8 Å². The van der Waals surface area contributed by atoms with Gasteiger partial charge in [-0.05, 0) is 52.7 Å². The summed E-state index contributed by atoms with van der Waals surface area (Å²) in [6.07, 6.45) is 0. The van der Waals surface area contributed by atoms with E-state index in [1.165, 1.54) is 27.8 Å². The Bertz CT molecular complexity index is 1140. The average molecular weight is 482 g/mol. The second-order valence-corrected chi connectivity index (χ2v) is 9.95. The topological polar surface area (TPSA) is 79.4 Å². The maximum absolute atomic E-state index is 12.8. The highest BCUT2D eigenvalue weighted by Crippen LogP contribution is 2.29. The van der Waals surface area contributed by atoms with Crippen LogP contribution in [0, 0.1) is 6.92 Å². The lowest BCUT2D eigenvalue weighted by molar-refractivity contribution is 0.102. The zero-order valence-corrected chi connectivity index (χ0v) is 18.9. The van der Waals surface area contributed by atoms with E-state index in [0.29, 0.717) is 22.7 Å². The molecule has 3 aromatic rings. The molecule has 0 bridgehead atoms. The third-order valence-corrected chi connectivity index (χ3v) is 8.04. The standard InChI is InChI=1S/C19H20BrN3O3S2/c1-4-23(5-2)28(25,26)13-9-10-15(20)14(11-13)18(24)22-19-21-17-12(3)7-6-8-16(17)27-19/h6-11H,4-5H2,1-3H3,(H,21,22,24). The number of benzene rings is 2. The van der Waals surface area contributed by atoms with Crippen molar-refractivity contribution in [2.75, 3.05) is 18.4 Å². The summed E-state index contributed by atoms with van der Waals surface area (Å²) in [6, 6.07) is 10.3. The lowest BCUT2D eigenvalue weighted by Gasteiger charge is -2.19. The molecule has 9 heteroatoms. The van der Waals surface area contributed by atoms with Gasteiger partial charge in [-0.25, -0.2) is 13.4 Å². The quantitative estimate of drug-likeness (QED) is 0.555. The number of nitrogens with zero attached hydrogens (tertiary/aromatic N) is 2. The van der Waals surface area contributed by atoms with E-state index in [4.69, 9.17) is 0 Å². The highest BCUT2D eigenvalue weighted by Gasteiger charge is 2.24. The highest BCUT2D eigenvalue weighted by atomic mass is 79.9. The first-order valence-electron chi connectivity index (χ1n) is 8.75. The molecule has 0 unspecified atom stereocenters. The number of halogens is 1. The predicted octanol–water partition coefficient (Wildman–Crippen LogP) is 4.65. The molecular formula is C19H20BrN3O3S2. The number of para-hydroxylation sites is 1. The van der Waals surface area contributed by atoms with Crippen molar-refractivity contribution < 1.29 is 13.2 Å². The van der Waals surface area contributed by atoms with Gasteiger partial charge in [0.25, 0.3) is 5.91 Å². The molecule has 0 radical (unpaired) electrons.